The highest BCUT2D eigenvalue weighted by atomic mass is 16.2. The van der Waals surface area contributed by atoms with Gasteiger partial charge in [-0.15, -0.1) is 0 Å². The van der Waals surface area contributed by atoms with E-state index in [9.17, 15) is 14.4 Å². The number of hydrogen-bond donors (Lipinski definition) is 0. The van der Waals surface area contributed by atoms with Crippen LogP contribution in [0.3, 0.4) is 0 Å². The van der Waals surface area contributed by atoms with Crippen LogP contribution in [-0.2, 0) is 9.59 Å². The zero-order valence-corrected chi connectivity index (χ0v) is 7.90. The molecule has 1 fully saturated rings. The summed E-state index contributed by atoms with van der Waals surface area (Å²) in [5.41, 5.74) is 0. The molecule has 0 N–H and O–H groups in total. The molecule has 5 heteroatoms. The third kappa shape index (κ3) is 1.54. The van der Waals surface area contributed by atoms with Crippen molar-refractivity contribution in [3.8, 4) is 0 Å². The largest absolute Gasteiger partial charge is 0.333 e. The van der Waals surface area contributed by atoms with E-state index in [1.165, 1.54) is 7.05 Å². The van der Waals surface area contributed by atoms with E-state index in [0.717, 1.165) is 9.80 Å². The zero-order chi connectivity index (χ0) is 10.2. The summed E-state index contributed by atoms with van der Waals surface area (Å²) in [5, 5.41) is 0. The van der Waals surface area contributed by atoms with Crippen LogP contribution in [0.5, 0.6) is 0 Å². The van der Waals surface area contributed by atoms with Crippen LogP contribution < -0.4 is 0 Å². The Morgan fingerprint density at radius 2 is 1.69 bits per heavy atom. The van der Waals surface area contributed by atoms with Gasteiger partial charge < -0.3 is 0 Å². The molecular weight excluding hydrogens is 172 g/mol. The molecular formula is C8H12N2O3. The van der Waals surface area contributed by atoms with Crippen LogP contribution in [0.4, 0.5) is 4.79 Å². The smallest absolute Gasteiger partial charge is 0.263 e. The Morgan fingerprint density at radius 1 is 1.15 bits per heavy atom. The van der Waals surface area contributed by atoms with Gasteiger partial charge in [-0.25, -0.2) is 4.79 Å². The molecule has 1 aliphatic rings. The van der Waals surface area contributed by atoms with Gasteiger partial charge in [-0.3, -0.25) is 19.4 Å². The second-order valence-electron chi connectivity index (χ2n) is 3.46. The van der Waals surface area contributed by atoms with E-state index in [0.29, 0.717) is 6.54 Å². The van der Waals surface area contributed by atoms with Crippen molar-refractivity contribution in [3.63, 3.8) is 0 Å². The molecule has 13 heavy (non-hydrogen) atoms. The lowest BCUT2D eigenvalue weighted by atomic mass is 10.2. The molecule has 0 aromatic rings. The molecule has 0 aromatic carbocycles. The summed E-state index contributed by atoms with van der Waals surface area (Å²) in [6.07, 6.45) is 0. The molecule has 0 unspecified atom stereocenters. The van der Waals surface area contributed by atoms with Crippen molar-refractivity contribution in [2.24, 2.45) is 5.92 Å². The van der Waals surface area contributed by atoms with Gasteiger partial charge in [0.15, 0.2) is 0 Å². The van der Waals surface area contributed by atoms with Crippen LogP contribution in [0.2, 0.25) is 0 Å². The van der Waals surface area contributed by atoms with Crippen molar-refractivity contribution in [1.82, 2.24) is 9.80 Å². The van der Waals surface area contributed by atoms with E-state index < -0.39 is 17.8 Å². The van der Waals surface area contributed by atoms with E-state index in [-0.39, 0.29) is 5.92 Å². The molecule has 4 amide bonds. The fraction of sp³-hybridized carbons (Fsp3) is 0.625. The topological polar surface area (TPSA) is 57.7 Å². The van der Waals surface area contributed by atoms with Gasteiger partial charge in [-0.05, 0) is 5.92 Å². The predicted molar refractivity (Wildman–Crippen MR) is 44.7 cm³/mol. The van der Waals surface area contributed by atoms with Crippen LogP contribution in [0.1, 0.15) is 13.8 Å². The molecule has 0 spiro atoms. The molecule has 1 aliphatic heterocycles. The predicted octanol–water partition coefficient (Wildman–Crippen LogP) is 0.0630. The SMILES string of the molecule is CC(C)CN1C(=O)C(=O)N(C)C1=O. The van der Waals surface area contributed by atoms with E-state index >= 15 is 0 Å². The van der Waals surface area contributed by atoms with Gasteiger partial charge in [0.2, 0.25) is 0 Å². The van der Waals surface area contributed by atoms with Gasteiger partial charge in [0.25, 0.3) is 0 Å². The Kier molecular flexibility index (Phi) is 2.36. The summed E-state index contributed by atoms with van der Waals surface area (Å²) in [6, 6.07) is -0.524. The Morgan fingerprint density at radius 3 is 2.00 bits per heavy atom. The number of likely N-dealkylation sites (N-methyl/N-ethyl adjacent to an activating group) is 1. The number of nitrogens with zero attached hydrogens (tertiary/aromatic N) is 2. The molecule has 0 aliphatic carbocycles. The molecule has 5 nitrogen and oxygen atoms in total. The second kappa shape index (κ2) is 3.16. The van der Waals surface area contributed by atoms with Gasteiger partial charge in [0, 0.05) is 13.6 Å². The average molecular weight is 184 g/mol. The first-order chi connectivity index (χ1) is 5.95. The summed E-state index contributed by atoms with van der Waals surface area (Å²) >= 11 is 0. The number of hydrogen-bond acceptors (Lipinski definition) is 3. The minimum Gasteiger partial charge on any atom is -0.263 e. The Labute approximate surface area is 76.3 Å². The fourth-order valence-electron chi connectivity index (χ4n) is 1.14. The van der Waals surface area contributed by atoms with Crippen LogP contribution in [0.15, 0.2) is 0 Å². The summed E-state index contributed by atoms with van der Waals surface area (Å²) in [5.74, 6) is -1.29. The van der Waals surface area contributed by atoms with Gasteiger partial charge >= 0.3 is 17.8 Å². The molecule has 0 bridgehead atoms. The van der Waals surface area contributed by atoms with Crippen molar-refractivity contribution < 1.29 is 14.4 Å². The van der Waals surface area contributed by atoms with Crippen molar-refractivity contribution in [2.45, 2.75) is 13.8 Å². The van der Waals surface area contributed by atoms with Crippen molar-refractivity contribution in [1.29, 1.82) is 0 Å². The molecule has 1 heterocycles. The first-order valence-electron chi connectivity index (χ1n) is 4.08. The average Bonchev–Trinajstić information content (AvgIpc) is 2.22. The van der Waals surface area contributed by atoms with Crippen LogP contribution in [-0.4, -0.2) is 41.2 Å². The molecule has 1 rings (SSSR count). The standard InChI is InChI=1S/C8H12N2O3/c1-5(2)4-10-7(12)6(11)9(3)8(10)13/h5H,4H2,1-3H3. The maximum absolute atomic E-state index is 11.3. The molecule has 72 valence electrons. The van der Waals surface area contributed by atoms with Gasteiger partial charge in [-0.2, -0.15) is 0 Å². The lowest BCUT2D eigenvalue weighted by Crippen LogP contribution is -2.34. The van der Waals surface area contributed by atoms with Gasteiger partial charge in [0.05, 0.1) is 0 Å². The monoisotopic (exact) mass is 184 g/mol. The van der Waals surface area contributed by atoms with Crippen LogP contribution >= 0.6 is 0 Å². The number of rotatable bonds is 2. The molecule has 0 radical (unpaired) electrons. The van der Waals surface area contributed by atoms with Gasteiger partial charge in [0.1, 0.15) is 0 Å². The van der Waals surface area contributed by atoms with Crippen LogP contribution in [0.25, 0.3) is 0 Å². The highest BCUT2D eigenvalue weighted by molar-refractivity contribution is 6.44. The molecule has 0 aromatic heterocycles. The van der Waals surface area contributed by atoms with Crippen LogP contribution in [0, 0.1) is 5.92 Å². The highest BCUT2D eigenvalue weighted by Crippen LogP contribution is 2.11. The maximum atomic E-state index is 11.3. The van der Waals surface area contributed by atoms with Gasteiger partial charge in [-0.1, -0.05) is 13.8 Å². The van der Waals surface area contributed by atoms with E-state index in [4.69, 9.17) is 0 Å². The third-order valence-electron chi connectivity index (χ3n) is 1.80. The van der Waals surface area contributed by atoms with E-state index in [1.807, 2.05) is 13.8 Å². The summed E-state index contributed by atoms with van der Waals surface area (Å²) < 4.78 is 0. The summed E-state index contributed by atoms with van der Waals surface area (Å²) in [4.78, 5) is 35.3. The zero-order valence-electron chi connectivity index (χ0n) is 7.90. The number of urea groups is 1. The lowest BCUT2D eigenvalue weighted by molar-refractivity contribution is -0.143. The Hall–Kier alpha value is -1.39. The first-order valence-corrected chi connectivity index (χ1v) is 4.08. The van der Waals surface area contributed by atoms with Crippen molar-refractivity contribution in [2.75, 3.05) is 13.6 Å². The first kappa shape index (κ1) is 9.70. The summed E-state index contributed by atoms with van der Waals surface area (Å²) in [6.45, 7) is 4.06. The minimum atomic E-state index is -0.745. The quantitative estimate of drug-likeness (QED) is 0.450. The fourth-order valence-corrected chi connectivity index (χ4v) is 1.14. The number of carbonyl (C=O) groups excluding carboxylic acids is 3. The molecule has 0 saturated carbocycles. The molecule has 1 saturated heterocycles. The minimum absolute atomic E-state index is 0.173. The third-order valence-corrected chi connectivity index (χ3v) is 1.80. The Balaban J connectivity index is 2.82. The summed E-state index contributed by atoms with van der Waals surface area (Å²) in [7, 11) is 1.31. The van der Waals surface area contributed by atoms with E-state index in [2.05, 4.69) is 0 Å². The van der Waals surface area contributed by atoms with E-state index in [1.54, 1.807) is 0 Å². The van der Waals surface area contributed by atoms with Crippen molar-refractivity contribution in [3.05, 3.63) is 0 Å². The number of carbonyl (C=O) groups is 3. The lowest BCUT2D eigenvalue weighted by Gasteiger charge is -2.14. The highest BCUT2D eigenvalue weighted by Gasteiger charge is 2.41. The molecule has 0 atom stereocenters. The number of imide groups is 2. The van der Waals surface area contributed by atoms with Crippen molar-refractivity contribution >= 4 is 17.8 Å². The second-order valence-corrected chi connectivity index (χ2v) is 3.46. The normalized spacial score (nSPS) is 18.0. The Bertz CT molecular complexity index is 273. The number of amides is 4. The maximum Gasteiger partial charge on any atom is 0.333 e.